The summed E-state index contributed by atoms with van der Waals surface area (Å²) < 4.78 is 2.18. The van der Waals surface area contributed by atoms with Crippen LogP contribution in [0.25, 0.3) is 0 Å². The van der Waals surface area contributed by atoms with E-state index in [4.69, 9.17) is 0 Å². The van der Waals surface area contributed by atoms with E-state index in [1.165, 1.54) is 10.4 Å². The lowest BCUT2D eigenvalue weighted by molar-refractivity contribution is 0.694. The third-order valence-electron chi connectivity index (χ3n) is 2.29. The number of nitrogens with one attached hydrogen (secondary N) is 1. The molecule has 2 aromatic heterocycles. The van der Waals surface area contributed by atoms with Gasteiger partial charge in [-0.05, 0) is 18.6 Å². The SMILES string of the molecule is CCn1ccc(CNCc2cncs2)c1. The molecule has 0 bridgehead atoms. The summed E-state index contributed by atoms with van der Waals surface area (Å²) in [6, 6.07) is 2.16. The lowest BCUT2D eigenvalue weighted by Crippen LogP contribution is -2.11. The fraction of sp³-hybridized carbons (Fsp3) is 0.364. The molecule has 0 radical (unpaired) electrons. The molecule has 2 aromatic rings. The first kappa shape index (κ1) is 10.4. The number of nitrogens with zero attached hydrogens (tertiary/aromatic N) is 2. The molecule has 2 heterocycles. The minimum atomic E-state index is 0.905. The zero-order valence-electron chi connectivity index (χ0n) is 8.81. The number of hydrogen-bond acceptors (Lipinski definition) is 3. The second-order valence-electron chi connectivity index (χ2n) is 3.42. The molecule has 15 heavy (non-hydrogen) atoms. The summed E-state index contributed by atoms with van der Waals surface area (Å²) in [6.07, 6.45) is 6.21. The minimum Gasteiger partial charge on any atom is -0.354 e. The number of thiazole rings is 1. The first-order valence-electron chi connectivity index (χ1n) is 5.11. The van der Waals surface area contributed by atoms with Gasteiger partial charge in [0.2, 0.25) is 0 Å². The maximum atomic E-state index is 4.04. The van der Waals surface area contributed by atoms with E-state index in [0.29, 0.717) is 0 Å². The Kier molecular flexibility index (Phi) is 3.53. The van der Waals surface area contributed by atoms with Gasteiger partial charge in [0.15, 0.2) is 0 Å². The van der Waals surface area contributed by atoms with Gasteiger partial charge in [-0.2, -0.15) is 0 Å². The van der Waals surface area contributed by atoms with Crippen molar-refractivity contribution in [3.8, 4) is 0 Å². The Labute approximate surface area is 93.8 Å². The first-order valence-corrected chi connectivity index (χ1v) is 5.99. The molecule has 0 amide bonds. The highest BCUT2D eigenvalue weighted by Crippen LogP contribution is 2.05. The molecule has 0 aliphatic carbocycles. The zero-order chi connectivity index (χ0) is 10.5. The first-order chi connectivity index (χ1) is 7.38. The quantitative estimate of drug-likeness (QED) is 0.839. The second-order valence-corrected chi connectivity index (χ2v) is 4.39. The van der Waals surface area contributed by atoms with E-state index in [-0.39, 0.29) is 0 Å². The van der Waals surface area contributed by atoms with Gasteiger partial charge in [-0.15, -0.1) is 11.3 Å². The second kappa shape index (κ2) is 5.09. The van der Waals surface area contributed by atoms with Gasteiger partial charge in [0.05, 0.1) is 5.51 Å². The molecule has 0 atom stereocenters. The molecular formula is C11H15N3S. The molecule has 3 nitrogen and oxygen atoms in total. The average molecular weight is 221 g/mol. The zero-order valence-corrected chi connectivity index (χ0v) is 9.63. The fourth-order valence-electron chi connectivity index (χ4n) is 1.45. The Morgan fingerprint density at radius 3 is 3.07 bits per heavy atom. The number of hydrogen-bond donors (Lipinski definition) is 1. The number of aryl methyl sites for hydroxylation is 1. The fourth-order valence-corrected chi connectivity index (χ4v) is 2.02. The summed E-state index contributed by atoms with van der Waals surface area (Å²) in [5, 5.41) is 3.40. The van der Waals surface area contributed by atoms with Crippen molar-refractivity contribution in [3.63, 3.8) is 0 Å². The van der Waals surface area contributed by atoms with E-state index in [0.717, 1.165) is 19.6 Å². The van der Waals surface area contributed by atoms with Crippen molar-refractivity contribution in [3.05, 3.63) is 40.6 Å². The van der Waals surface area contributed by atoms with E-state index in [1.807, 2.05) is 11.7 Å². The Bertz CT molecular complexity index is 392. The summed E-state index contributed by atoms with van der Waals surface area (Å²) in [4.78, 5) is 5.32. The third kappa shape index (κ3) is 2.91. The highest BCUT2D eigenvalue weighted by molar-refractivity contribution is 7.09. The maximum absolute atomic E-state index is 4.04. The minimum absolute atomic E-state index is 0.905. The molecule has 4 heteroatoms. The van der Waals surface area contributed by atoms with Crippen molar-refractivity contribution in [1.29, 1.82) is 0 Å². The molecule has 0 saturated carbocycles. The van der Waals surface area contributed by atoms with Crippen molar-refractivity contribution < 1.29 is 0 Å². The van der Waals surface area contributed by atoms with E-state index >= 15 is 0 Å². The highest BCUT2D eigenvalue weighted by Gasteiger charge is 1.97. The van der Waals surface area contributed by atoms with Crippen LogP contribution >= 0.6 is 11.3 Å². The van der Waals surface area contributed by atoms with E-state index < -0.39 is 0 Å². The lowest BCUT2D eigenvalue weighted by atomic mass is 10.3. The van der Waals surface area contributed by atoms with Crippen LogP contribution in [-0.2, 0) is 19.6 Å². The largest absolute Gasteiger partial charge is 0.354 e. The summed E-state index contributed by atoms with van der Waals surface area (Å²) in [6.45, 7) is 5.01. The maximum Gasteiger partial charge on any atom is 0.0794 e. The molecule has 0 aromatic carbocycles. The van der Waals surface area contributed by atoms with Crippen LogP contribution in [0.2, 0.25) is 0 Å². The van der Waals surface area contributed by atoms with Gasteiger partial charge in [0.25, 0.3) is 0 Å². The standard InChI is InChI=1S/C11H15N3S/c1-2-14-4-3-10(8-14)5-12-6-11-7-13-9-15-11/h3-4,7-9,12H,2,5-6H2,1H3. The van der Waals surface area contributed by atoms with Crippen LogP contribution < -0.4 is 5.32 Å². The molecule has 0 aliphatic rings. The Hall–Kier alpha value is -1.13. The predicted molar refractivity (Wildman–Crippen MR) is 62.8 cm³/mol. The van der Waals surface area contributed by atoms with Gasteiger partial charge >= 0.3 is 0 Å². The molecule has 0 spiro atoms. The van der Waals surface area contributed by atoms with Crippen LogP contribution in [-0.4, -0.2) is 9.55 Å². The van der Waals surface area contributed by atoms with Crippen LogP contribution in [0.4, 0.5) is 0 Å². The van der Waals surface area contributed by atoms with Crippen LogP contribution in [0.1, 0.15) is 17.4 Å². The smallest absolute Gasteiger partial charge is 0.0794 e. The van der Waals surface area contributed by atoms with E-state index in [2.05, 4.69) is 40.3 Å². The van der Waals surface area contributed by atoms with Crippen LogP contribution in [0.3, 0.4) is 0 Å². The normalized spacial score (nSPS) is 10.7. The third-order valence-corrected chi connectivity index (χ3v) is 3.07. The molecule has 0 fully saturated rings. The topological polar surface area (TPSA) is 29.9 Å². The van der Waals surface area contributed by atoms with Crippen molar-refractivity contribution >= 4 is 11.3 Å². The van der Waals surface area contributed by atoms with Gasteiger partial charge < -0.3 is 9.88 Å². The van der Waals surface area contributed by atoms with E-state index in [1.54, 1.807) is 11.3 Å². The Morgan fingerprint density at radius 1 is 1.47 bits per heavy atom. The van der Waals surface area contributed by atoms with Crippen molar-refractivity contribution in [2.75, 3.05) is 0 Å². The summed E-state index contributed by atoms with van der Waals surface area (Å²) in [5.74, 6) is 0. The highest BCUT2D eigenvalue weighted by atomic mass is 32.1. The number of aromatic nitrogens is 2. The molecular weight excluding hydrogens is 206 g/mol. The predicted octanol–water partition coefficient (Wildman–Crippen LogP) is 2.25. The molecule has 0 saturated heterocycles. The van der Waals surface area contributed by atoms with Crippen molar-refractivity contribution in [1.82, 2.24) is 14.9 Å². The van der Waals surface area contributed by atoms with Crippen LogP contribution in [0.15, 0.2) is 30.2 Å². The monoisotopic (exact) mass is 221 g/mol. The number of rotatable bonds is 5. The summed E-state index contributed by atoms with van der Waals surface area (Å²) in [5.41, 5.74) is 3.20. The van der Waals surface area contributed by atoms with Crippen molar-refractivity contribution in [2.45, 2.75) is 26.6 Å². The van der Waals surface area contributed by atoms with Crippen LogP contribution in [0, 0.1) is 0 Å². The van der Waals surface area contributed by atoms with Gasteiger partial charge in [0.1, 0.15) is 0 Å². The molecule has 1 N–H and O–H groups in total. The van der Waals surface area contributed by atoms with Gasteiger partial charge in [-0.3, -0.25) is 4.98 Å². The van der Waals surface area contributed by atoms with Gasteiger partial charge in [-0.1, -0.05) is 0 Å². The lowest BCUT2D eigenvalue weighted by Gasteiger charge is -2.00. The van der Waals surface area contributed by atoms with Gasteiger partial charge in [-0.25, -0.2) is 0 Å². The van der Waals surface area contributed by atoms with Gasteiger partial charge in [0, 0.05) is 43.1 Å². The van der Waals surface area contributed by atoms with Crippen LogP contribution in [0.5, 0.6) is 0 Å². The molecule has 0 unspecified atom stereocenters. The average Bonchev–Trinajstić information content (AvgIpc) is 2.88. The Balaban J connectivity index is 1.78. The molecule has 2 rings (SSSR count). The van der Waals surface area contributed by atoms with E-state index in [9.17, 15) is 0 Å². The summed E-state index contributed by atoms with van der Waals surface area (Å²) >= 11 is 1.69. The molecule has 0 aliphatic heterocycles. The Morgan fingerprint density at radius 2 is 2.40 bits per heavy atom. The summed E-state index contributed by atoms with van der Waals surface area (Å²) in [7, 11) is 0. The molecule has 80 valence electrons. The van der Waals surface area contributed by atoms with Crippen molar-refractivity contribution in [2.24, 2.45) is 0 Å².